The lowest BCUT2D eigenvalue weighted by molar-refractivity contribution is -0.123. The molecule has 1 N–H and O–H groups in total. The number of amides is 1. The van der Waals surface area contributed by atoms with E-state index in [1.54, 1.807) is 30.6 Å². The minimum Gasteiger partial charge on any atom is -0.481 e. The van der Waals surface area contributed by atoms with Crippen molar-refractivity contribution in [3.63, 3.8) is 0 Å². The number of ether oxygens (including phenoxy) is 1. The molecule has 2 heterocycles. The lowest BCUT2D eigenvalue weighted by Crippen LogP contribution is -2.40. The second-order valence-electron chi connectivity index (χ2n) is 6.00. The van der Waals surface area contributed by atoms with Gasteiger partial charge in [-0.25, -0.2) is 14.4 Å². The van der Waals surface area contributed by atoms with Crippen LogP contribution in [0.5, 0.6) is 5.75 Å². The Morgan fingerprint density at radius 3 is 2.64 bits per heavy atom. The first kappa shape index (κ1) is 17.1. The zero-order valence-electron chi connectivity index (χ0n) is 13.9. The van der Waals surface area contributed by atoms with Gasteiger partial charge in [-0.15, -0.1) is 0 Å². The average molecular weight is 344 g/mol. The number of piperidine rings is 1. The van der Waals surface area contributed by atoms with E-state index in [1.165, 1.54) is 12.1 Å². The third-order valence-electron chi connectivity index (χ3n) is 4.23. The summed E-state index contributed by atoms with van der Waals surface area (Å²) in [6.45, 7) is 2.16. The van der Waals surface area contributed by atoms with Crippen LogP contribution in [0.1, 0.15) is 12.8 Å². The smallest absolute Gasteiger partial charge is 0.257 e. The molecule has 0 saturated carbocycles. The van der Waals surface area contributed by atoms with Crippen LogP contribution >= 0.6 is 0 Å². The van der Waals surface area contributed by atoms with Crippen LogP contribution in [0.2, 0.25) is 0 Å². The van der Waals surface area contributed by atoms with Gasteiger partial charge in [-0.1, -0.05) is 12.1 Å². The van der Waals surface area contributed by atoms with Crippen molar-refractivity contribution in [1.29, 1.82) is 0 Å². The SMILES string of the molecule is O=C(COc1ccccc1F)NCC1CCN(c2ncccn2)CC1. The number of hydrogen-bond acceptors (Lipinski definition) is 5. The Balaban J connectivity index is 1.37. The lowest BCUT2D eigenvalue weighted by Gasteiger charge is -2.31. The molecule has 6 nitrogen and oxygen atoms in total. The standard InChI is InChI=1S/C18H21FN4O2/c19-15-4-1-2-5-16(15)25-13-17(24)22-12-14-6-10-23(11-7-14)18-20-8-3-9-21-18/h1-5,8-9,14H,6-7,10-13H2,(H,22,24). The number of anilines is 1. The van der Waals surface area contributed by atoms with Gasteiger partial charge in [0, 0.05) is 32.0 Å². The molecule has 132 valence electrons. The fourth-order valence-corrected chi connectivity index (χ4v) is 2.81. The van der Waals surface area contributed by atoms with E-state index >= 15 is 0 Å². The van der Waals surface area contributed by atoms with E-state index in [-0.39, 0.29) is 18.3 Å². The van der Waals surface area contributed by atoms with Crippen molar-refractivity contribution in [1.82, 2.24) is 15.3 Å². The van der Waals surface area contributed by atoms with Crippen LogP contribution in [-0.4, -0.2) is 42.1 Å². The molecule has 1 fully saturated rings. The van der Waals surface area contributed by atoms with E-state index in [2.05, 4.69) is 20.2 Å². The number of benzene rings is 1. The maximum absolute atomic E-state index is 13.4. The summed E-state index contributed by atoms with van der Waals surface area (Å²) in [7, 11) is 0. The van der Waals surface area contributed by atoms with Crippen molar-refractivity contribution in [2.24, 2.45) is 5.92 Å². The minimum absolute atomic E-state index is 0.0915. The summed E-state index contributed by atoms with van der Waals surface area (Å²) in [5.74, 6) is 0.553. The topological polar surface area (TPSA) is 67.3 Å². The predicted molar refractivity (Wildman–Crippen MR) is 91.9 cm³/mol. The first-order chi connectivity index (χ1) is 12.2. The van der Waals surface area contributed by atoms with E-state index in [4.69, 9.17) is 4.74 Å². The largest absolute Gasteiger partial charge is 0.481 e. The van der Waals surface area contributed by atoms with Gasteiger partial charge in [0.25, 0.3) is 5.91 Å². The molecule has 0 unspecified atom stereocenters. The molecule has 7 heteroatoms. The number of rotatable bonds is 6. The molecule has 1 aliphatic rings. The van der Waals surface area contributed by atoms with Crippen LogP contribution < -0.4 is 15.0 Å². The van der Waals surface area contributed by atoms with E-state index in [1.807, 2.05) is 0 Å². The molecule has 0 aliphatic carbocycles. The predicted octanol–water partition coefficient (Wildman–Crippen LogP) is 2.03. The van der Waals surface area contributed by atoms with Crippen molar-refractivity contribution in [3.05, 3.63) is 48.5 Å². The zero-order chi connectivity index (χ0) is 17.5. The first-order valence-electron chi connectivity index (χ1n) is 8.38. The van der Waals surface area contributed by atoms with Gasteiger partial charge in [-0.05, 0) is 37.0 Å². The van der Waals surface area contributed by atoms with Crippen LogP contribution in [0.25, 0.3) is 0 Å². The first-order valence-corrected chi connectivity index (χ1v) is 8.38. The summed E-state index contributed by atoms with van der Waals surface area (Å²) < 4.78 is 18.6. The number of nitrogens with zero attached hydrogens (tertiary/aromatic N) is 3. The summed E-state index contributed by atoms with van der Waals surface area (Å²) in [6, 6.07) is 7.85. The van der Waals surface area contributed by atoms with Crippen molar-refractivity contribution in [2.45, 2.75) is 12.8 Å². The maximum atomic E-state index is 13.4. The fraction of sp³-hybridized carbons (Fsp3) is 0.389. The summed E-state index contributed by atoms with van der Waals surface area (Å²) >= 11 is 0. The molecular formula is C18H21FN4O2. The van der Waals surface area contributed by atoms with Gasteiger partial charge in [-0.2, -0.15) is 0 Å². The zero-order valence-corrected chi connectivity index (χ0v) is 13.9. The number of aromatic nitrogens is 2. The molecule has 0 atom stereocenters. The Labute approximate surface area is 146 Å². The third-order valence-corrected chi connectivity index (χ3v) is 4.23. The molecule has 1 amide bonds. The lowest BCUT2D eigenvalue weighted by atomic mass is 9.97. The van der Waals surface area contributed by atoms with Crippen LogP contribution in [0.15, 0.2) is 42.7 Å². The summed E-state index contributed by atoms with van der Waals surface area (Å²) in [6.07, 6.45) is 5.41. The highest BCUT2D eigenvalue weighted by Crippen LogP contribution is 2.19. The molecule has 2 aromatic rings. The maximum Gasteiger partial charge on any atom is 0.257 e. The number of carbonyl (C=O) groups excluding carboxylic acids is 1. The van der Waals surface area contributed by atoms with Crippen molar-refractivity contribution in [2.75, 3.05) is 31.1 Å². The van der Waals surface area contributed by atoms with E-state index < -0.39 is 5.82 Å². The molecule has 1 saturated heterocycles. The number of halogens is 1. The Hall–Kier alpha value is -2.70. The van der Waals surface area contributed by atoms with Crippen LogP contribution in [-0.2, 0) is 4.79 Å². The van der Waals surface area contributed by atoms with Gasteiger partial charge < -0.3 is 15.0 Å². The molecule has 0 radical (unpaired) electrons. The quantitative estimate of drug-likeness (QED) is 0.868. The third kappa shape index (κ3) is 4.89. The number of hydrogen-bond donors (Lipinski definition) is 1. The Morgan fingerprint density at radius 2 is 1.92 bits per heavy atom. The summed E-state index contributed by atoms with van der Waals surface area (Å²) in [5.41, 5.74) is 0. The average Bonchev–Trinajstić information content (AvgIpc) is 2.67. The van der Waals surface area contributed by atoms with Crippen LogP contribution in [0, 0.1) is 11.7 Å². The van der Waals surface area contributed by atoms with E-state index in [0.29, 0.717) is 12.5 Å². The second kappa shape index (κ2) is 8.41. The fourth-order valence-electron chi connectivity index (χ4n) is 2.81. The van der Waals surface area contributed by atoms with Gasteiger partial charge >= 0.3 is 0 Å². The monoisotopic (exact) mass is 344 g/mol. The summed E-state index contributed by atoms with van der Waals surface area (Å²) in [4.78, 5) is 22.5. The molecule has 25 heavy (non-hydrogen) atoms. The Kier molecular flexibility index (Phi) is 5.77. The van der Waals surface area contributed by atoms with Crippen LogP contribution in [0.3, 0.4) is 0 Å². The highest BCUT2D eigenvalue weighted by atomic mass is 19.1. The second-order valence-corrected chi connectivity index (χ2v) is 6.00. The van der Waals surface area contributed by atoms with Gasteiger partial charge in [0.2, 0.25) is 5.95 Å². The molecule has 1 aliphatic heterocycles. The normalized spacial score (nSPS) is 15.0. The number of nitrogens with one attached hydrogen (secondary N) is 1. The molecule has 0 bridgehead atoms. The van der Waals surface area contributed by atoms with Gasteiger partial charge in [0.05, 0.1) is 0 Å². The van der Waals surface area contributed by atoms with Crippen LogP contribution in [0.4, 0.5) is 10.3 Å². The van der Waals surface area contributed by atoms with Gasteiger partial charge in [-0.3, -0.25) is 4.79 Å². The van der Waals surface area contributed by atoms with E-state index in [0.717, 1.165) is 31.9 Å². The van der Waals surface area contributed by atoms with Gasteiger partial charge in [0.1, 0.15) is 0 Å². The van der Waals surface area contributed by atoms with Crippen molar-refractivity contribution >= 4 is 11.9 Å². The highest BCUT2D eigenvalue weighted by molar-refractivity contribution is 5.77. The molecule has 1 aromatic carbocycles. The highest BCUT2D eigenvalue weighted by Gasteiger charge is 2.21. The van der Waals surface area contributed by atoms with E-state index in [9.17, 15) is 9.18 Å². The number of carbonyl (C=O) groups is 1. The molecule has 1 aromatic heterocycles. The Bertz CT molecular complexity index is 690. The molecule has 0 spiro atoms. The van der Waals surface area contributed by atoms with Crippen molar-refractivity contribution < 1.29 is 13.9 Å². The summed E-state index contributed by atoms with van der Waals surface area (Å²) in [5, 5.41) is 2.86. The van der Waals surface area contributed by atoms with Crippen molar-refractivity contribution in [3.8, 4) is 5.75 Å². The molecular weight excluding hydrogens is 323 g/mol. The van der Waals surface area contributed by atoms with Gasteiger partial charge in [0.15, 0.2) is 18.2 Å². The molecule has 3 rings (SSSR count). The number of para-hydroxylation sites is 1. The Morgan fingerprint density at radius 1 is 1.20 bits per heavy atom. The minimum atomic E-state index is -0.467.